The molecular formula is C26H26N4O3. The van der Waals surface area contributed by atoms with Gasteiger partial charge in [0, 0.05) is 41.5 Å². The van der Waals surface area contributed by atoms with Crippen LogP contribution in [-0.4, -0.2) is 50.5 Å². The average Bonchev–Trinajstić information content (AvgIpc) is 2.89. The fourth-order valence-electron chi connectivity index (χ4n) is 3.98. The van der Waals surface area contributed by atoms with E-state index in [2.05, 4.69) is 34.5 Å². The zero-order valence-corrected chi connectivity index (χ0v) is 18.7. The number of ether oxygens (including phenoxy) is 3. The zero-order valence-electron chi connectivity index (χ0n) is 18.7. The zero-order chi connectivity index (χ0) is 22.6. The van der Waals surface area contributed by atoms with Crippen LogP contribution in [0.2, 0.25) is 0 Å². The maximum Gasteiger partial charge on any atom is 0.162 e. The minimum Gasteiger partial charge on any atom is -0.493 e. The van der Waals surface area contributed by atoms with E-state index in [4.69, 9.17) is 24.2 Å². The summed E-state index contributed by atoms with van der Waals surface area (Å²) >= 11 is 0. The van der Waals surface area contributed by atoms with Gasteiger partial charge in [-0.05, 0) is 30.3 Å². The Morgan fingerprint density at radius 3 is 2.24 bits per heavy atom. The first-order valence-electron chi connectivity index (χ1n) is 10.9. The lowest BCUT2D eigenvalue weighted by atomic mass is 10.1. The van der Waals surface area contributed by atoms with Crippen LogP contribution in [-0.2, 0) is 4.74 Å². The molecule has 0 atom stereocenters. The van der Waals surface area contributed by atoms with Gasteiger partial charge in [0.1, 0.15) is 5.82 Å². The number of benzene rings is 3. The topological polar surface area (TPSA) is 68.7 Å². The Bertz CT molecular complexity index is 1240. The molecule has 0 radical (unpaired) electrons. The van der Waals surface area contributed by atoms with Crippen molar-refractivity contribution in [2.45, 2.75) is 0 Å². The van der Waals surface area contributed by atoms with Crippen LogP contribution in [0.1, 0.15) is 0 Å². The van der Waals surface area contributed by atoms with Crippen LogP contribution in [0.3, 0.4) is 0 Å². The van der Waals surface area contributed by atoms with Crippen molar-refractivity contribution in [2.24, 2.45) is 0 Å². The molecule has 0 aliphatic carbocycles. The molecule has 0 bridgehead atoms. The molecule has 4 aromatic rings. The van der Waals surface area contributed by atoms with Gasteiger partial charge in [-0.1, -0.05) is 30.3 Å². The van der Waals surface area contributed by atoms with Gasteiger partial charge in [-0.3, -0.25) is 0 Å². The Labute approximate surface area is 193 Å². The third kappa shape index (κ3) is 4.40. The number of aromatic nitrogens is 2. The number of anilines is 3. The minimum absolute atomic E-state index is 0.628. The number of hydrogen-bond acceptors (Lipinski definition) is 7. The summed E-state index contributed by atoms with van der Waals surface area (Å²) in [5.74, 6) is 2.61. The van der Waals surface area contributed by atoms with Gasteiger partial charge in [-0.25, -0.2) is 9.97 Å². The van der Waals surface area contributed by atoms with E-state index in [9.17, 15) is 0 Å². The minimum atomic E-state index is 0.628. The Kier molecular flexibility index (Phi) is 5.95. The number of rotatable bonds is 6. The van der Waals surface area contributed by atoms with E-state index in [1.165, 1.54) is 5.69 Å². The lowest BCUT2D eigenvalue weighted by Gasteiger charge is -2.29. The smallest absolute Gasteiger partial charge is 0.162 e. The van der Waals surface area contributed by atoms with E-state index < -0.39 is 0 Å². The van der Waals surface area contributed by atoms with Gasteiger partial charge in [-0.2, -0.15) is 0 Å². The summed E-state index contributed by atoms with van der Waals surface area (Å²) in [4.78, 5) is 12.0. The van der Waals surface area contributed by atoms with Crippen molar-refractivity contribution in [1.29, 1.82) is 0 Å². The fourth-order valence-corrected chi connectivity index (χ4v) is 3.98. The highest BCUT2D eigenvalue weighted by molar-refractivity contribution is 5.94. The molecule has 33 heavy (non-hydrogen) atoms. The molecule has 168 valence electrons. The summed E-state index contributed by atoms with van der Waals surface area (Å²) in [5.41, 5.74) is 3.85. The molecule has 7 heteroatoms. The molecule has 0 amide bonds. The van der Waals surface area contributed by atoms with Crippen molar-refractivity contribution in [1.82, 2.24) is 9.97 Å². The maximum absolute atomic E-state index is 5.52. The summed E-state index contributed by atoms with van der Waals surface area (Å²) in [5, 5.41) is 4.34. The molecule has 7 nitrogen and oxygen atoms in total. The van der Waals surface area contributed by atoms with E-state index in [1.807, 2.05) is 42.5 Å². The molecule has 1 fully saturated rings. The van der Waals surface area contributed by atoms with E-state index in [1.54, 1.807) is 14.2 Å². The van der Waals surface area contributed by atoms with Crippen LogP contribution in [0.15, 0.2) is 66.7 Å². The fraction of sp³-hybridized carbons (Fsp3) is 0.231. The molecular weight excluding hydrogens is 416 g/mol. The van der Waals surface area contributed by atoms with Crippen molar-refractivity contribution in [2.75, 3.05) is 50.7 Å². The second-order valence-corrected chi connectivity index (χ2v) is 7.76. The first-order chi connectivity index (χ1) is 16.2. The second kappa shape index (κ2) is 9.34. The summed E-state index contributed by atoms with van der Waals surface area (Å²) in [6.45, 7) is 3.34. The lowest BCUT2D eigenvalue weighted by Crippen LogP contribution is -2.36. The predicted molar refractivity (Wildman–Crippen MR) is 131 cm³/mol. The molecule has 1 N–H and O–H groups in total. The van der Waals surface area contributed by atoms with Crippen LogP contribution in [0.4, 0.5) is 17.2 Å². The maximum atomic E-state index is 5.52. The SMILES string of the molecule is COc1cc2nc(-c3ccccc3)nc(Nc3ccc(N4CCOCC4)cc3)c2cc1OC. The van der Waals surface area contributed by atoms with Crippen molar-refractivity contribution in [3.8, 4) is 22.9 Å². The van der Waals surface area contributed by atoms with Crippen LogP contribution < -0.4 is 19.7 Å². The monoisotopic (exact) mass is 442 g/mol. The Hall–Kier alpha value is -3.84. The average molecular weight is 443 g/mol. The number of nitrogens with one attached hydrogen (secondary N) is 1. The van der Waals surface area contributed by atoms with Gasteiger partial charge >= 0.3 is 0 Å². The van der Waals surface area contributed by atoms with E-state index in [0.717, 1.165) is 48.5 Å². The van der Waals surface area contributed by atoms with E-state index in [-0.39, 0.29) is 0 Å². The van der Waals surface area contributed by atoms with Crippen LogP contribution in [0.25, 0.3) is 22.3 Å². The Morgan fingerprint density at radius 1 is 0.848 bits per heavy atom. The quantitative estimate of drug-likeness (QED) is 0.456. The van der Waals surface area contributed by atoms with Gasteiger partial charge in [0.25, 0.3) is 0 Å². The second-order valence-electron chi connectivity index (χ2n) is 7.76. The van der Waals surface area contributed by atoms with Gasteiger partial charge in [0.2, 0.25) is 0 Å². The highest BCUT2D eigenvalue weighted by atomic mass is 16.5. The number of hydrogen-bond donors (Lipinski definition) is 1. The van der Waals surface area contributed by atoms with Crippen molar-refractivity contribution in [3.05, 3.63) is 66.7 Å². The third-order valence-electron chi connectivity index (χ3n) is 5.74. The summed E-state index contributed by atoms with van der Waals surface area (Å²) < 4.78 is 16.5. The van der Waals surface area contributed by atoms with Crippen LogP contribution >= 0.6 is 0 Å². The summed E-state index contributed by atoms with van der Waals surface area (Å²) in [6, 6.07) is 22.1. The normalized spacial score (nSPS) is 13.7. The summed E-state index contributed by atoms with van der Waals surface area (Å²) in [6.07, 6.45) is 0. The standard InChI is InChI=1S/C26H26N4O3/c1-31-23-16-21-22(17-24(23)32-2)28-25(18-6-4-3-5-7-18)29-26(21)27-19-8-10-20(11-9-19)30-12-14-33-15-13-30/h3-11,16-17H,12-15H2,1-2H3,(H,27,28,29). The Morgan fingerprint density at radius 2 is 1.55 bits per heavy atom. The molecule has 2 heterocycles. The lowest BCUT2D eigenvalue weighted by molar-refractivity contribution is 0.122. The van der Waals surface area contributed by atoms with Gasteiger partial charge in [-0.15, -0.1) is 0 Å². The van der Waals surface area contributed by atoms with Gasteiger partial charge < -0.3 is 24.4 Å². The van der Waals surface area contributed by atoms with Crippen molar-refractivity contribution in [3.63, 3.8) is 0 Å². The molecule has 0 spiro atoms. The molecule has 3 aromatic carbocycles. The van der Waals surface area contributed by atoms with E-state index in [0.29, 0.717) is 23.1 Å². The Balaban J connectivity index is 1.55. The highest BCUT2D eigenvalue weighted by Gasteiger charge is 2.15. The third-order valence-corrected chi connectivity index (χ3v) is 5.74. The van der Waals surface area contributed by atoms with Crippen molar-refractivity contribution >= 4 is 28.1 Å². The van der Waals surface area contributed by atoms with Gasteiger partial charge in [0.15, 0.2) is 17.3 Å². The first-order valence-corrected chi connectivity index (χ1v) is 10.9. The number of morpholine rings is 1. The molecule has 1 aliphatic rings. The van der Waals surface area contributed by atoms with Crippen molar-refractivity contribution < 1.29 is 14.2 Å². The van der Waals surface area contributed by atoms with E-state index >= 15 is 0 Å². The molecule has 1 saturated heterocycles. The largest absolute Gasteiger partial charge is 0.493 e. The molecule has 1 aromatic heterocycles. The molecule has 1 aliphatic heterocycles. The van der Waals surface area contributed by atoms with Crippen LogP contribution in [0.5, 0.6) is 11.5 Å². The number of methoxy groups -OCH3 is 2. The first kappa shape index (κ1) is 21.0. The highest BCUT2D eigenvalue weighted by Crippen LogP contribution is 2.36. The molecule has 0 saturated carbocycles. The predicted octanol–water partition coefficient (Wildman–Crippen LogP) is 4.89. The molecule has 5 rings (SSSR count). The number of nitrogens with zero attached hydrogens (tertiary/aromatic N) is 3. The van der Waals surface area contributed by atoms with Gasteiger partial charge in [0.05, 0.1) is 33.0 Å². The summed E-state index contributed by atoms with van der Waals surface area (Å²) in [7, 11) is 3.25. The number of fused-ring (bicyclic) bond motifs is 1. The molecule has 0 unspecified atom stereocenters. The van der Waals surface area contributed by atoms with Crippen LogP contribution in [0, 0.1) is 0 Å².